The Balaban J connectivity index is 1.72. The number of hydrogen-bond donors (Lipinski definition) is 0. The van der Waals surface area contributed by atoms with Gasteiger partial charge in [0.15, 0.2) is 0 Å². The highest BCUT2D eigenvalue weighted by atomic mass is 16.6. The molecule has 3 aliphatic heterocycles. The molecule has 0 radical (unpaired) electrons. The van der Waals surface area contributed by atoms with E-state index in [0.717, 1.165) is 25.7 Å². The molecular weight excluding hydrogens is 272 g/mol. The highest BCUT2D eigenvalue weighted by Crippen LogP contribution is 2.65. The number of rotatable bonds is 0. The van der Waals surface area contributed by atoms with E-state index < -0.39 is 11.2 Å². The first-order chi connectivity index (χ1) is 10.2. The van der Waals surface area contributed by atoms with E-state index in [0.29, 0.717) is 13.2 Å². The molecule has 112 valence electrons. The van der Waals surface area contributed by atoms with E-state index in [1.165, 1.54) is 0 Å². The van der Waals surface area contributed by atoms with Crippen LogP contribution in [-0.4, -0.2) is 36.4 Å². The number of ether oxygens (including phenoxy) is 3. The van der Waals surface area contributed by atoms with Crippen LogP contribution in [0.2, 0.25) is 0 Å². The van der Waals surface area contributed by atoms with E-state index in [9.17, 15) is 9.59 Å². The third kappa shape index (κ3) is 1.19. The van der Waals surface area contributed by atoms with Crippen molar-refractivity contribution >= 4 is 11.9 Å². The summed E-state index contributed by atoms with van der Waals surface area (Å²) in [5.41, 5.74) is -0.874. The SMILES string of the molecule is O=C1OC(=O)[C@H]2[C@@H]1[C@H]1C=C[C@@H]2[C@]2(CCCO2)[C@]12CCCO2. The van der Waals surface area contributed by atoms with Gasteiger partial charge in [0.2, 0.25) is 0 Å². The molecule has 1 saturated carbocycles. The van der Waals surface area contributed by atoms with E-state index in [4.69, 9.17) is 14.2 Å². The fourth-order valence-corrected chi connectivity index (χ4v) is 5.72. The molecule has 0 aromatic rings. The lowest BCUT2D eigenvalue weighted by atomic mass is 9.48. The Morgan fingerprint density at radius 2 is 1.33 bits per heavy atom. The summed E-state index contributed by atoms with van der Waals surface area (Å²) in [6.45, 7) is 1.42. The molecule has 21 heavy (non-hydrogen) atoms. The van der Waals surface area contributed by atoms with Crippen LogP contribution in [-0.2, 0) is 23.8 Å². The van der Waals surface area contributed by atoms with E-state index in [-0.39, 0.29) is 35.6 Å². The Kier molecular flexibility index (Phi) is 2.21. The van der Waals surface area contributed by atoms with Gasteiger partial charge in [-0.15, -0.1) is 0 Å². The van der Waals surface area contributed by atoms with Gasteiger partial charge in [0.1, 0.15) is 11.2 Å². The van der Waals surface area contributed by atoms with Crippen LogP contribution < -0.4 is 0 Å². The van der Waals surface area contributed by atoms with Gasteiger partial charge in [0.05, 0.1) is 11.8 Å². The quantitative estimate of drug-likeness (QED) is 0.381. The first-order valence-corrected chi connectivity index (χ1v) is 7.91. The van der Waals surface area contributed by atoms with Crippen LogP contribution in [0.3, 0.4) is 0 Å². The molecule has 5 heteroatoms. The Morgan fingerprint density at radius 3 is 1.71 bits per heavy atom. The molecule has 6 aliphatic rings. The smallest absolute Gasteiger partial charge is 0.318 e. The van der Waals surface area contributed by atoms with Gasteiger partial charge in [-0.25, -0.2) is 0 Å². The monoisotopic (exact) mass is 290 g/mol. The third-order valence-corrected chi connectivity index (χ3v) is 6.33. The zero-order valence-electron chi connectivity index (χ0n) is 11.7. The maximum atomic E-state index is 12.2. The summed E-state index contributed by atoms with van der Waals surface area (Å²) >= 11 is 0. The third-order valence-electron chi connectivity index (χ3n) is 6.33. The first-order valence-electron chi connectivity index (χ1n) is 7.91. The molecule has 0 amide bonds. The maximum absolute atomic E-state index is 12.2. The van der Waals surface area contributed by atoms with Gasteiger partial charge >= 0.3 is 11.9 Å². The number of cyclic esters (lactones) is 2. The van der Waals surface area contributed by atoms with Crippen molar-refractivity contribution in [3.05, 3.63) is 12.2 Å². The lowest BCUT2D eigenvalue weighted by Crippen LogP contribution is -2.71. The molecule has 2 bridgehead atoms. The molecule has 3 heterocycles. The van der Waals surface area contributed by atoms with Crippen LogP contribution >= 0.6 is 0 Å². The number of carbonyl (C=O) groups is 2. The molecule has 5 nitrogen and oxygen atoms in total. The topological polar surface area (TPSA) is 61.8 Å². The first kappa shape index (κ1) is 12.4. The van der Waals surface area contributed by atoms with Crippen molar-refractivity contribution in [2.45, 2.75) is 36.9 Å². The molecule has 0 unspecified atom stereocenters. The molecule has 0 aromatic heterocycles. The van der Waals surface area contributed by atoms with Crippen molar-refractivity contribution in [1.82, 2.24) is 0 Å². The van der Waals surface area contributed by atoms with Gasteiger partial charge in [-0.1, -0.05) is 12.2 Å². The van der Waals surface area contributed by atoms with Gasteiger partial charge in [0, 0.05) is 25.0 Å². The van der Waals surface area contributed by atoms with Crippen molar-refractivity contribution in [3.63, 3.8) is 0 Å². The predicted octanol–water partition coefficient (Wildman–Crippen LogP) is 1.22. The second-order valence-electron chi connectivity index (χ2n) is 6.91. The second kappa shape index (κ2) is 3.76. The Labute approximate surface area is 122 Å². The van der Waals surface area contributed by atoms with Crippen LogP contribution in [0.25, 0.3) is 0 Å². The van der Waals surface area contributed by atoms with Crippen molar-refractivity contribution in [2.24, 2.45) is 23.7 Å². The van der Waals surface area contributed by atoms with Gasteiger partial charge in [-0.2, -0.15) is 0 Å². The van der Waals surface area contributed by atoms with E-state index in [2.05, 4.69) is 12.2 Å². The van der Waals surface area contributed by atoms with Crippen LogP contribution in [0.15, 0.2) is 12.2 Å². The summed E-state index contributed by atoms with van der Waals surface area (Å²) in [6.07, 6.45) is 7.96. The highest BCUT2D eigenvalue weighted by molar-refractivity contribution is 5.98. The Morgan fingerprint density at radius 1 is 0.857 bits per heavy atom. The molecule has 2 spiro atoms. The molecule has 0 N–H and O–H groups in total. The second-order valence-corrected chi connectivity index (χ2v) is 6.91. The van der Waals surface area contributed by atoms with Crippen LogP contribution in [0, 0.1) is 23.7 Å². The zero-order valence-corrected chi connectivity index (χ0v) is 11.7. The highest BCUT2D eigenvalue weighted by Gasteiger charge is 2.75. The summed E-state index contributed by atoms with van der Waals surface area (Å²) in [4.78, 5) is 24.4. The Hall–Kier alpha value is -1.20. The summed E-state index contributed by atoms with van der Waals surface area (Å²) in [5, 5.41) is 0. The molecule has 6 atom stereocenters. The molecule has 3 saturated heterocycles. The standard InChI is InChI=1S/C16H18O5/c17-13-11-9-3-4-10(12(11)14(18)21-13)16(6-2-8-20-16)15(9)5-1-7-19-15/h3-4,9-12H,1-2,5-8H2/t9-,10+,11+,12-,15+,16-. The average Bonchev–Trinajstić information content (AvgIpc) is 3.18. The minimum atomic E-state index is -0.437. The minimum absolute atomic E-state index is 0.0907. The van der Waals surface area contributed by atoms with Crippen LogP contribution in [0.5, 0.6) is 0 Å². The van der Waals surface area contributed by atoms with E-state index in [1.807, 2.05) is 0 Å². The average molecular weight is 290 g/mol. The lowest BCUT2D eigenvalue weighted by molar-refractivity contribution is -0.247. The van der Waals surface area contributed by atoms with E-state index >= 15 is 0 Å². The van der Waals surface area contributed by atoms with Crippen molar-refractivity contribution in [2.75, 3.05) is 13.2 Å². The minimum Gasteiger partial charge on any atom is -0.393 e. The molecule has 6 rings (SSSR count). The molecular formula is C16H18O5. The molecule has 0 aromatic carbocycles. The number of carbonyl (C=O) groups excluding carboxylic acids is 2. The van der Waals surface area contributed by atoms with Crippen LogP contribution in [0.4, 0.5) is 0 Å². The zero-order chi connectivity index (χ0) is 14.2. The summed E-state index contributed by atoms with van der Waals surface area (Å²) in [6, 6.07) is 0. The molecule has 4 fully saturated rings. The van der Waals surface area contributed by atoms with Gasteiger partial charge in [0.25, 0.3) is 0 Å². The fraction of sp³-hybridized carbons (Fsp3) is 0.750. The number of hydrogen-bond acceptors (Lipinski definition) is 5. The van der Waals surface area contributed by atoms with Crippen molar-refractivity contribution in [3.8, 4) is 0 Å². The van der Waals surface area contributed by atoms with Gasteiger partial charge in [-0.3, -0.25) is 9.59 Å². The number of esters is 2. The Bertz CT molecular complexity index is 505. The van der Waals surface area contributed by atoms with Crippen molar-refractivity contribution < 1.29 is 23.8 Å². The predicted molar refractivity (Wildman–Crippen MR) is 70.0 cm³/mol. The maximum Gasteiger partial charge on any atom is 0.318 e. The summed E-state index contributed by atoms with van der Waals surface area (Å²) in [5.74, 6) is -1.67. The van der Waals surface area contributed by atoms with Gasteiger partial charge < -0.3 is 14.2 Å². The van der Waals surface area contributed by atoms with Crippen molar-refractivity contribution in [1.29, 1.82) is 0 Å². The summed E-state index contributed by atoms with van der Waals surface area (Å²) < 4.78 is 17.5. The fourth-order valence-electron chi connectivity index (χ4n) is 5.72. The lowest BCUT2D eigenvalue weighted by Gasteiger charge is -2.60. The van der Waals surface area contributed by atoms with E-state index in [1.54, 1.807) is 0 Å². The summed E-state index contributed by atoms with van der Waals surface area (Å²) in [7, 11) is 0. The van der Waals surface area contributed by atoms with Gasteiger partial charge in [-0.05, 0) is 25.7 Å². The largest absolute Gasteiger partial charge is 0.393 e. The van der Waals surface area contributed by atoms with Crippen LogP contribution in [0.1, 0.15) is 25.7 Å². The normalized spacial score (nSPS) is 53.9. The molecule has 3 aliphatic carbocycles.